The molecule has 0 aliphatic rings. The van der Waals surface area contributed by atoms with E-state index in [-0.39, 0.29) is 5.78 Å². The Morgan fingerprint density at radius 3 is 2.25 bits per heavy atom. The van der Waals surface area contributed by atoms with Crippen molar-refractivity contribution in [2.45, 2.75) is 19.2 Å². The van der Waals surface area contributed by atoms with E-state index in [9.17, 15) is 4.79 Å². The van der Waals surface area contributed by atoms with Crippen LogP contribution in [0.25, 0.3) is 0 Å². The average Bonchev–Trinajstić information content (AvgIpc) is 2.04. The summed E-state index contributed by atoms with van der Waals surface area (Å²) in [7, 11) is 0. The maximum Gasteiger partial charge on any atom is 0.180 e. The van der Waals surface area contributed by atoms with Gasteiger partial charge in [0.05, 0.1) is 5.38 Å². The molecule has 0 spiro atoms. The molecule has 0 aromatic heterocycles. The molecule has 0 radical (unpaired) electrons. The van der Waals surface area contributed by atoms with Crippen LogP contribution in [-0.4, -0.2) is 11.2 Å². The highest BCUT2D eigenvalue weighted by Gasteiger charge is 2.10. The van der Waals surface area contributed by atoms with Gasteiger partial charge in [0.2, 0.25) is 0 Å². The second kappa shape index (κ2) is 3.72. The molecule has 0 saturated carbocycles. The lowest BCUT2D eigenvalue weighted by atomic mass is 10.1. The van der Waals surface area contributed by atoms with Crippen molar-refractivity contribution in [3.05, 3.63) is 35.4 Å². The van der Waals surface area contributed by atoms with Crippen LogP contribution in [0.1, 0.15) is 22.8 Å². The zero-order valence-electron chi connectivity index (χ0n) is 7.17. The summed E-state index contributed by atoms with van der Waals surface area (Å²) in [6.45, 7) is 3.67. The summed E-state index contributed by atoms with van der Waals surface area (Å²) < 4.78 is 0. The van der Waals surface area contributed by atoms with Crippen LogP contribution in [0.5, 0.6) is 0 Å². The van der Waals surface area contributed by atoms with Gasteiger partial charge in [0.25, 0.3) is 0 Å². The van der Waals surface area contributed by atoms with Gasteiger partial charge < -0.3 is 0 Å². The van der Waals surface area contributed by atoms with Gasteiger partial charge in [-0.1, -0.05) is 29.8 Å². The quantitative estimate of drug-likeness (QED) is 0.508. The Balaban J connectivity index is 2.90. The molecule has 2 heteroatoms. The molecule has 1 aromatic rings. The van der Waals surface area contributed by atoms with Crippen molar-refractivity contribution >= 4 is 17.4 Å². The number of alkyl halides is 1. The minimum absolute atomic E-state index is 0.0170. The molecule has 1 atom stereocenters. The topological polar surface area (TPSA) is 17.1 Å². The zero-order chi connectivity index (χ0) is 9.14. The second-order valence-corrected chi connectivity index (χ2v) is 3.50. The number of rotatable bonds is 2. The highest BCUT2D eigenvalue weighted by Crippen LogP contribution is 2.09. The van der Waals surface area contributed by atoms with Crippen LogP contribution in [0.4, 0.5) is 0 Å². The molecule has 1 aromatic carbocycles. The maximum atomic E-state index is 11.3. The first kappa shape index (κ1) is 9.27. The van der Waals surface area contributed by atoms with Crippen molar-refractivity contribution in [1.29, 1.82) is 0 Å². The summed E-state index contributed by atoms with van der Waals surface area (Å²) in [6.07, 6.45) is 0. The zero-order valence-corrected chi connectivity index (χ0v) is 7.93. The van der Waals surface area contributed by atoms with Crippen molar-refractivity contribution in [3.63, 3.8) is 0 Å². The highest BCUT2D eigenvalue weighted by molar-refractivity contribution is 6.33. The Morgan fingerprint density at radius 1 is 1.33 bits per heavy atom. The van der Waals surface area contributed by atoms with Crippen LogP contribution in [0.2, 0.25) is 0 Å². The largest absolute Gasteiger partial charge is 0.293 e. The SMILES string of the molecule is Cc1ccc(C(=O)C(C)Cl)cc1. The summed E-state index contributed by atoms with van der Waals surface area (Å²) in [6, 6.07) is 7.42. The lowest BCUT2D eigenvalue weighted by Crippen LogP contribution is -2.09. The van der Waals surface area contributed by atoms with E-state index >= 15 is 0 Å². The van der Waals surface area contributed by atoms with E-state index in [1.165, 1.54) is 0 Å². The minimum Gasteiger partial charge on any atom is -0.293 e. The molecule has 0 saturated heterocycles. The molecule has 0 amide bonds. The Bertz CT molecular complexity index is 274. The highest BCUT2D eigenvalue weighted by atomic mass is 35.5. The standard InChI is InChI=1S/C10H11ClO/c1-7-3-5-9(6-4-7)10(12)8(2)11/h3-6,8H,1-2H3. The number of halogens is 1. The normalized spacial score (nSPS) is 12.6. The monoisotopic (exact) mass is 182 g/mol. The number of aryl methyl sites for hydroxylation is 1. The first-order valence-electron chi connectivity index (χ1n) is 3.86. The lowest BCUT2D eigenvalue weighted by molar-refractivity contribution is 0.0992. The van der Waals surface area contributed by atoms with E-state index in [1.807, 2.05) is 19.1 Å². The first-order chi connectivity index (χ1) is 5.61. The first-order valence-corrected chi connectivity index (χ1v) is 4.30. The number of benzene rings is 1. The molecular formula is C10H11ClO. The van der Waals surface area contributed by atoms with E-state index < -0.39 is 5.38 Å². The molecule has 12 heavy (non-hydrogen) atoms. The summed E-state index contributed by atoms with van der Waals surface area (Å²) >= 11 is 5.65. The Labute approximate surface area is 77.4 Å². The predicted octanol–water partition coefficient (Wildman–Crippen LogP) is 2.81. The fourth-order valence-electron chi connectivity index (χ4n) is 0.947. The third-order valence-corrected chi connectivity index (χ3v) is 1.90. The fourth-order valence-corrected chi connectivity index (χ4v) is 1.07. The van der Waals surface area contributed by atoms with Gasteiger partial charge in [0.15, 0.2) is 5.78 Å². The smallest absolute Gasteiger partial charge is 0.180 e. The van der Waals surface area contributed by atoms with Crippen molar-refractivity contribution in [2.75, 3.05) is 0 Å². The Kier molecular flexibility index (Phi) is 2.88. The summed E-state index contributed by atoms with van der Waals surface area (Å²) in [4.78, 5) is 11.3. The molecule has 0 aliphatic carbocycles. The predicted molar refractivity (Wildman–Crippen MR) is 50.8 cm³/mol. The van der Waals surface area contributed by atoms with Gasteiger partial charge in [-0.15, -0.1) is 11.6 Å². The number of Topliss-reactive ketones (excluding diaryl/α,β-unsaturated/α-hetero) is 1. The second-order valence-electron chi connectivity index (χ2n) is 2.85. The Hall–Kier alpha value is -0.820. The van der Waals surface area contributed by atoms with Crippen molar-refractivity contribution in [1.82, 2.24) is 0 Å². The minimum atomic E-state index is -0.437. The molecule has 0 heterocycles. The summed E-state index contributed by atoms with van der Waals surface area (Å²) in [5.41, 5.74) is 1.83. The summed E-state index contributed by atoms with van der Waals surface area (Å²) in [5, 5.41) is -0.437. The molecule has 0 N–H and O–H groups in total. The Morgan fingerprint density at radius 2 is 1.83 bits per heavy atom. The van der Waals surface area contributed by atoms with Gasteiger partial charge in [-0.05, 0) is 13.8 Å². The average molecular weight is 183 g/mol. The van der Waals surface area contributed by atoms with Crippen LogP contribution >= 0.6 is 11.6 Å². The van der Waals surface area contributed by atoms with Crippen LogP contribution in [0, 0.1) is 6.92 Å². The third-order valence-electron chi connectivity index (χ3n) is 1.70. The van der Waals surface area contributed by atoms with Crippen molar-refractivity contribution in [2.24, 2.45) is 0 Å². The molecule has 0 bridgehead atoms. The number of carbonyl (C=O) groups excluding carboxylic acids is 1. The van der Waals surface area contributed by atoms with Crippen LogP contribution in [0.3, 0.4) is 0 Å². The molecule has 1 unspecified atom stereocenters. The van der Waals surface area contributed by atoms with E-state index in [4.69, 9.17) is 11.6 Å². The van der Waals surface area contributed by atoms with Gasteiger partial charge >= 0.3 is 0 Å². The van der Waals surface area contributed by atoms with E-state index in [2.05, 4.69) is 0 Å². The van der Waals surface area contributed by atoms with E-state index in [0.29, 0.717) is 5.56 Å². The molecule has 1 rings (SSSR count). The van der Waals surface area contributed by atoms with Crippen LogP contribution in [-0.2, 0) is 0 Å². The lowest BCUT2D eigenvalue weighted by Gasteiger charge is -2.01. The summed E-state index contributed by atoms with van der Waals surface area (Å²) in [5.74, 6) is -0.0170. The fraction of sp³-hybridized carbons (Fsp3) is 0.300. The van der Waals surface area contributed by atoms with E-state index in [1.54, 1.807) is 19.1 Å². The molecule has 1 nitrogen and oxygen atoms in total. The number of carbonyl (C=O) groups is 1. The van der Waals surface area contributed by atoms with Crippen molar-refractivity contribution < 1.29 is 4.79 Å². The van der Waals surface area contributed by atoms with Gasteiger partial charge in [0.1, 0.15) is 0 Å². The van der Waals surface area contributed by atoms with Gasteiger partial charge in [-0.25, -0.2) is 0 Å². The maximum absolute atomic E-state index is 11.3. The number of ketones is 1. The molecule has 0 aliphatic heterocycles. The van der Waals surface area contributed by atoms with E-state index in [0.717, 1.165) is 5.56 Å². The molecule has 0 fully saturated rings. The number of hydrogen-bond acceptors (Lipinski definition) is 1. The van der Waals surface area contributed by atoms with Crippen molar-refractivity contribution in [3.8, 4) is 0 Å². The van der Waals surface area contributed by atoms with Gasteiger partial charge in [-0.3, -0.25) is 4.79 Å². The van der Waals surface area contributed by atoms with Crippen LogP contribution in [0.15, 0.2) is 24.3 Å². The molecule has 64 valence electrons. The van der Waals surface area contributed by atoms with Gasteiger partial charge in [-0.2, -0.15) is 0 Å². The third kappa shape index (κ3) is 2.08. The number of hydrogen-bond donors (Lipinski definition) is 0. The van der Waals surface area contributed by atoms with Crippen LogP contribution < -0.4 is 0 Å². The molecular weight excluding hydrogens is 172 g/mol. The van der Waals surface area contributed by atoms with Gasteiger partial charge in [0, 0.05) is 5.56 Å².